The molecule has 2 rings (SSSR count). The van der Waals surface area contributed by atoms with Gasteiger partial charge in [0.15, 0.2) is 5.78 Å². The van der Waals surface area contributed by atoms with Crippen LogP contribution in [0.25, 0.3) is 0 Å². The number of ketones is 1. The van der Waals surface area contributed by atoms with Crippen LogP contribution in [-0.4, -0.2) is 12.3 Å². The van der Waals surface area contributed by atoms with Gasteiger partial charge in [0.05, 0.1) is 0 Å². The number of hydrogen-bond donors (Lipinski definition) is 1. The lowest BCUT2D eigenvalue weighted by atomic mass is 9.90. The van der Waals surface area contributed by atoms with E-state index in [-0.39, 0.29) is 5.92 Å². The van der Waals surface area contributed by atoms with Crippen molar-refractivity contribution >= 4 is 5.78 Å². The van der Waals surface area contributed by atoms with Crippen molar-refractivity contribution in [2.24, 2.45) is 5.92 Å². The van der Waals surface area contributed by atoms with Crippen LogP contribution in [0.1, 0.15) is 48.2 Å². The Balaban J connectivity index is 2.24. The first-order valence-corrected chi connectivity index (χ1v) is 6.63. The van der Waals surface area contributed by atoms with E-state index in [0.717, 1.165) is 37.9 Å². The van der Waals surface area contributed by atoms with Crippen LogP contribution in [0.2, 0.25) is 0 Å². The number of fused-ring (bicyclic) bond motifs is 1. The van der Waals surface area contributed by atoms with Crippen LogP contribution in [0.3, 0.4) is 0 Å². The van der Waals surface area contributed by atoms with Gasteiger partial charge in [0.1, 0.15) is 0 Å². The average molecular weight is 231 g/mol. The lowest BCUT2D eigenvalue weighted by molar-refractivity contribution is 0.0913. The van der Waals surface area contributed by atoms with E-state index in [2.05, 4.69) is 31.3 Å². The minimum atomic E-state index is 0.185. The number of carbonyl (C=O) groups excluding carboxylic acids is 1. The fraction of sp³-hybridized carbons (Fsp3) is 0.533. The highest BCUT2D eigenvalue weighted by atomic mass is 16.1. The molecule has 1 aromatic carbocycles. The van der Waals surface area contributed by atoms with Crippen LogP contribution < -0.4 is 5.32 Å². The summed E-state index contributed by atoms with van der Waals surface area (Å²) in [6.45, 7) is 6.13. The van der Waals surface area contributed by atoms with Gasteiger partial charge >= 0.3 is 0 Å². The third-order valence-electron chi connectivity index (χ3n) is 3.73. The molecule has 2 nitrogen and oxygen atoms in total. The molecule has 0 spiro atoms. The highest BCUT2D eigenvalue weighted by molar-refractivity contribution is 5.98. The summed E-state index contributed by atoms with van der Waals surface area (Å²) in [5, 5.41) is 3.35. The standard InChI is InChI=1S/C15H21NO/c1-3-11(4-2)15(17)13-6-5-12-7-8-16-10-14(12)9-13/h5-6,9,11,16H,3-4,7-8,10H2,1-2H3. The van der Waals surface area contributed by atoms with E-state index in [1.54, 1.807) is 0 Å². The van der Waals surface area contributed by atoms with E-state index in [4.69, 9.17) is 0 Å². The van der Waals surface area contributed by atoms with Gasteiger partial charge in [-0.2, -0.15) is 0 Å². The molecule has 0 unspecified atom stereocenters. The molecule has 1 aromatic rings. The van der Waals surface area contributed by atoms with Gasteiger partial charge < -0.3 is 5.32 Å². The third-order valence-corrected chi connectivity index (χ3v) is 3.73. The Bertz CT molecular complexity index is 407. The van der Waals surface area contributed by atoms with Gasteiger partial charge in [-0.05, 0) is 43.0 Å². The molecule has 0 aromatic heterocycles. The van der Waals surface area contributed by atoms with Crippen molar-refractivity contribution in [2.75, 3.05) is 6.54 Å². The molecule has 0 fully saturated rings. The van der Waals surface area contributed by atoms with Gasteiger partial charge in [0, 0.05) is 18.0 Å². The molecule has 17 heavy (non-hydrogen) atoms. The first-order chi connectivity index (χ1) is 8.26. The summed E-state index contributed by atoms with van der Waals surface area (Å²) in [4.78, 5) is 12.3. The number of benzene rings is 1. The molecule has 0 saturated heterocycles. The molecule has 2 heteroatoms. The first-order valence-electron chi connectivity index (χ1n) is 6.63. The summed E-state index contributed by atoms with van der Waals surface area (Å²) < 4.78 is 0. The van der Waals surface area contributed by atoms with Crippen molar-refractivity contribution < 1.29 is 4.79 Å². The SMILES string of the molecule is CCC(CC)C(=O)c1ccc2c(c1)CNCC2. The van der Waals surface area contributed by atoms with Gasteiger partial charge in [-0.25, -0.2) is 0 Å². The van der Waals surface area contributed by atoms with E-state index in [0.29, 0.717) is 5.78 Å². The molecular weight excluding hydrogens is 210 g/mol. The van der Waals surface area contributed by atoms with Crippen molar-refractivity contribution in [2.45, 2.75) is 39.7 Å². The van der Waals surface area contributed by atoms with E-state index in [1.165, 1.54) is 11.1 Å². The Hall–Kier alpha value is -1.15. The van der Waals surface area contributed by atoms with E-state index in [9.17, 15) is 4.79 Å². The molecule has 0 atom stereocenters. The van der Waals surface area contributed by atoms with Crippen molar-refractivity contribution in [3.05, 3.63) is 34.9 Å². The van der Waals surface area contributed by atoms with E-state index < -0.39 is 0 Å². The molecule has 0 amide bonds. The van der Waals surface area contributed by atoms with Crippen LogP contribution >= 0.6 is 0 Å². The molecule has 0 bridgehead atoms. The molecule has 1 N–H and O–H groups in total. The Morgan fingerprint density at radius 1 is 1.29 bits per heavy atom. The van der Waals surface area contributed by atoms with Crippen molar-refractivity contribution in [1.82, 2.24) is 5.32 Å². The number of Topliss-reactive ketones (excluding diaryl/α,β-unsaturated/α-hetero) is 1. The van der Waals surface area contributed by atoms with Crippen molar-refractivity contribution in [1.29, 1.82) is 0 Å². The monoisotopic (exact) mass is 231 g/mol. The summed E-state index contributed by atoms with van der Waals surface area (Å²) in [5.74, 6) is 0.493. The second kappa shape index (κ2) is 5.46. The van der Waals surface area contributed by atoms with Gasteiger partial charge in [0.2, 0.25) is 0 Å². The highest BCUT2D eigenvalue weighted by Gasteiger charge is 2.18. The third kappa shape index (κ3) is 2.58. The highest BCUT2D eigenvalue weighted by Crippen LogP contribution is 2.20. The van der Waals surface area contributed by atoms with Crippen LogP contribution in [0.15, 0.2) is 18.2 Å². The minimum absolute atomic E-state index is 0.185. The van der Waals surface area contributed by atoms with Gasteiger partial charge in [-0.1, -0.05) is 26.0 Å². The van der Waals surface area contributed by atoms with Gasteiger partial charge in [0.25, 0.3) is 0 Å². The largest absolute Gasteiger partial charge is 0.312 e. The molecule has 0 saturated carbocycles. The van der Waals surface area contributed by atoms with Crippen LogP contribution in [0.5, 0.6) is 0 Å². The Kier molecular flexibility index (Phi) is 3.95. The maximum absolute atomic E-state index is 12.3. The molecule has 0 aliphatic carbocycles. The zero-order valence-electron chi connectivity index (χ0n) is 10.8. The maximum atomic E-state index is 12.3. The lowest BCUT2D eigenvalue weighted by Crippen LogP contribution is -2.24. The fourth-order valence-electron chi connectivity index (χ4n) is 2.53. The normalized spacial score (nSPS) is 14.8. The molecule has 1 heterocycles. The summed E-state index contributed by atoms with van der Waals surface area (Å²) in [5.41, 5.74) is 3.58. The summed E-state index contributed by atoms with van der Waals surface area (Å²) in [7, 11) is 0. The minimum Gasteiger partial charge on any atom is -0.312 e. The number of nitrogens with one attached hydrogen (secondary N) is 1. The molecule has 1 aliphatic heterocycles. The predicted octanol–water partition coefficient (Wildman–Crippen LogP) is 2.95. The quantitative estimate of drug-likeness (QED) is 0.807. The van der Waals surface area contributed by atoms with Gasteiger partial charge in [-0.3, -0.25) is 4.79 Å². The zero-order chi connectivity index (χ0) is 12.3. The fourth-order valence-corrected chi connectivity index (χ4v) is 2.53. The van der Waals surface area contributed by atoms with Crippen molar-refractivity contribution in [3.8, 4) is 0 Å². The smallest absolute Gasteiger partial charge is 0.165 e. The van der Waals surface area contributed by atoms with Gasteiger partial charge in [-0.15, -0.1) is 0 Å². The Morgan fingerprint density at radius 3 is 2.76 bits per heavy atom. The van der Waals surface area contributed by atoms with Crippen LogP contribution in [-0.2, 0) is 13.0 Å². The van der Waals surface area contributed by atoms with E-state index in [1.807, 2.05) is 6.07 Å². The Labute approximate surface area is 103 Å². The average Bonchev–Trinajstić information content (AvgIpc) is 2.39. The van der Waals surface area contributed by atoms with E-state index >= 15 is 0 Å². The number of rotatable bonds is 4. The summed E-state index contributed by atoms with van der Waals surface area (Å²) in [6.07, 6.45) is 2.95. The molecule has 92 valence electrons. The number of hydrogen-bond acceptors (Lipinski definition) is 2. The second-order valence-corrected chi connectivity index (χ2v) is 4.79. The summed E-state index contributed by atoms with van der Waals surface area (Å²) >= 11 is 0. The first kappa shape index (κ1) is 12.3. The predicted molar refractivity (Wildman–Crippen MR) is 70.3 cm³/mol. The number of carbonyl (C=O) groups is 1. The molecular formula is C15H21NO. The Morgan fingerprint density at radius 2 is 2.06 bits per heavy atom. The second-order valence-electron chi connectivity index (χ2n) is 4.79. The van der Waals surface area contributed by atoms with Crippen molar-refractivity contribution in [3.63, 3.8) is 0 Å². The zero-order valence-corrected chi connectivity index (χ0v) is 10.8. The summed E-state index contributed by atoms with van der Waals surface area (Å²) in [6, 6.07) is 6.22. The van der Waals surface area contributed by atoms with Crippen LogP contribution in [0, 0.1) is 5.92 Å². The molecule has 0 radical (unpaired) electrons. The topological polar surface area (TPSA) is 29.1 Å². The molecule has 1 aliphatic rings. The van der Waals surface area contributed by atoms with Crippen LogP contribution in [0.4, 0.5) is 0 Å². The maximum Gasteiger partial charge on any atom is 0.165 e. The lowest BCUT2D eigenvalue weighted by Gasteiger charge is -2.18.